The van der Waals surface area contributed by atoms with Crippen LogP contribution in [0.1, 0.15) is 18.6 Å². The predicted molar refractivity (Wildman–Crippen MR) is 56.3 cm³/mol. The van der Waals surface area contributed by atoms with E-state index >= 15 is 0 Å². The lowest BCUT2D eigenvalue weighted by molar-refractivity contribution is 0.199. The van der Waals surface area contributed by atoms with E-state index in [9.17, 15) is 5.11 Å². The second-order valence-electron chi connectivity index (χ2n) is 2.57. The lowest BCUT2D eigenvalue weighted by Crippen LogP contribution is -1.93. The topological polar surface area (TPSA) is 29.5 Å². The number of halogens is 1. The number of rotatable bonds is 2. The molecule has 12 heavy (non-hydrogen) atoms. The number of methoxy groups -OCH3 is 1. The normalized spacial score (nSPS) is 12.7. The summed E-state index contributed by atoms with van der Waals surface area (Å²) >= 11 is 2.18. The summed E-state index contributed by atoms with van der Waals surface area (Å²) in [6.07, 6.45) is -0.413. The van der Waals surface area contributed by atoms with Crippen LogP contribution < -0.4 is 4.74 Å². The monoisotopic (exact) mass is 278 g/mol. The van der Waals surface area contributed by atoms with Crippen molar-refractivity contribution in [3.8, 4) is 5.75 Å². The first kappa shape index (κ1) is 9.80. The predicted octanol–water partition coefficient (Wildman–Crippen LogP) is 2.35. The van der Waals surface area contributed by atoms with Crippen molar-refractivity contribution in [2.75, 3.05) is 7.11 Å². The van der Waals surface area contributed by atoms with Gasteiger partial charge < -0.3 is 9.84 Å². The lowest BCUT2D eigenvalue weighted by Gasteiger charge is -2.07. The van der Waals surface area contributed by atoms with Crippen LogP contribution in [0.15, 0.2) is 18.2 Å². The van der Waals surface area contributed by atoms with Gasteiger partial charge in [-0.2, -0.15) is 0 Å². The van der Waals surface area contributed by atoms with Crippen LogP contribution in [-0.4, -0.2) is 12.2 Å². The Morgan fingerprint density at radius 2 is 2.17 bits per heavy atom. The highest BCUT2D eigenvalue weighted by Crippen LogP contribution is 2.24. The molecule has 0 amide bonds. The number of aliphatic hydroxyl groups is 1. The molecule has 0 bridgehead atoms. The van der Waals surface area contributed by atoms with Gasteiger partial charge in [-0.15, -0.1) is 0 Å². The van der Waals surface area contributed by atoms with Crippen LogP contribution in [0.5, 0.6) is 5.75 Å². The summed E-state index contributed by atoms with van der Waals surface area (Å²) in [6, 6.07) is 5.65. The van der Waals surface area contributed by atoms with Gasteiger partial charge in [0.15, 0.2) is 0 Å². The van der Waals surface area contributed by atoms with Crippen molar-refractivity contribution in [3.63, 3.8) is 0 Å². The van der Waals surface area contributed by atoms with Crippen LogP contribution in [-0.2, 0) is 0 Å². The molecule has 1 N–H and O–H groups in total. The third-order valence-electron chi connectivity index (χ3n) is 1.66. The van der Waals surface area contributed by atoms with E-state index in [1.54, 1.807) is 14.0 Å². The van der Waals surface area contributed by atoms with Gasteiger partial charge in [-0.3, -0.25) is 0 Å². The molecule has 1 unspecified atom stereocenters. The number of ether oxygens (including phenoxy) is 1. The molecule has 0 fully saturated rings. The molecule has 3 heteroatoms. The second kappa shape index (κ2) is 4.09. The molecular weight excluding hydrogens is 267 g/mol. The molecule has 1 aromatic rings. The van der Waals surface area contributed by atoms with E-state index in [0.29, 0.717) is 0 Å². The Morgan fingerprint density at radius 1 is 1.50 bits per heavy atom. The molecule has 66 valence electrons. The van der Waals surface area contributed by atoms with E-state index in [0.717, 1.165) is 14.9 Å². The Kier molecular flexibility index (Phi) is 3.34. The molecule has 0 saturated heterocycles. The van der Waals surface area contributed by atoms with Gasteiger partial charge in [0.2, 0.25) is 0 Å². The highest BCUT2D eigenvalue weighted by atomic mass is 127. The van der Waals surface area contributed by atoms with Crippen molar-refractivity contribution >= 4 is 22.6 Å². The fraction of sp³-hybridized carbons (Fsp3) is 0.333. The second-order valence-corrected chi connectivity index (χ2v) is 3.73. The van der Waals surface area contributed by atoms with E-state index in [1.165, 1.54) is 0 Å². The third-order valence-corrected chi connectivity index (χ3v) is 2.50. The molecule has 0 saturated carbocycles. The molecule has 2 nitrogen and oxygen atoms in total. The maximum Gasteiger partial charge on any atom is 0.132 e. The van der Waals surface area contributed by atoms with Gasteiger partial charge in [0.1, 0.15) is 5.75 Å². The minimum Gasteiger partial charge on any atom is -0.496 e. The van der Waals surface area contributed by atoms with Crippen LogP contribution >= 0.6 is 22.6 Å². The smallest absolute Gasteiger partial charge is 0.132 e. The van der Waals surface area contributed by atoms with Crippen molar-refractivity contribution in [3.05, 3.63) is 27.3 Å². The summed E-state index contributed by atoms with van der Waals surface area (Å²) in [5, 5.41) is 9.27. The molecule has 0 spiro atoms. The van der Waals surface area contributed by atoms with Crippen LogP contribution in [0.2, 0.25) is 0 Å². The van der Waals surface area contributed by atoms with E-state index < -0.39 is 6.10 Å². The first-order valence-electron chi connectivity index (χ1n) is 3.66. The molecule has 0 aliphatic carbocycles. The Hall–Kier alpha value is -0.290. The van der Waals surface area contributed by atoms with Crippen LogP contribution in [0.25, 0.3) is 0 Å². The SMILES string of the molecule is COc1ccc(C(C)O)cc1I. The van der Waals surface area contributed by atoms with Gasteiger partial charge in [0.25, 0.3) is 0 Å². The Balaban J connectivity index is 3.02. The Morgan fingerprint density at radius 3 is 2.58 bits per heavy atom. The summed E-state index contributed by atoms with van der Waals surface area (Å²) in [7, 11) is 1.64. The van der Waals surface area contributed by atoms with Crippen molar-refractivity contribution < 1.29 is 9.84 Å². The van der Waals surface area contributed by atoms with Gasteiger partial charge in [0, 0.05) is 0 Å². The number of hydrogen-bond donors (Lipinski definition) is 1. The van der Waals surface area contributed by atoms with Crippen LogP contribution in [0.3, 0.4) is 0 Å². The summed E-state index contributed by atoms with van der Waals surface area (Å²) in [5.74, 6) is 0.847. The summed E-state index contributed by atoms with van der Waals surface area (Å²) in [5.41, 5.74) is 0.917. The molecule has 0 radical (unpaired) electrons. The largest absolute Gasteiger partial charge is 0.496 e. The number of hydrogen-bond acceptors (Lipinski definition) is 2. The van der Waals surface area contributed by atoms with Gasteiger partial charge in [0.05, 0.1) is 16.8 Å². The number of aliphatic hydroxyl groups excluding tert-OH is 1. The van der Waals surface area contributed by atoms with E-state index in [1.807, 2.05) is 18.2 Å². The minimum absolute atomic E-state index is 0.413. The third kappa shape index (κ3) is 2.10. The van der Waals surface area contributed by atoms with Crippen molar-refractivity contribution in [1.29, 1.82) is 0 Å². The lowest BCUT2D eigenvalue weighted by atomic mass is 10.1. The van der Waals surface area contributed by atoms with Crippen LogP contribution in [0.4, 0.5) is 0 Å². The van der Waals surface area contributed by atoms with E-state index in [-0.39, 0.29) is 0 Å². The van der Waals surface area contributed by atoms with Gasteiger partial charge in [-0.05, 0) is 47.2 Å². The average molecular weight is 278 g/mol. The first-order chi connectivity index (χ1) is 5.65. The average Bonchev–Trinajstić information content (AvgIpc) is 2.04. The zero-order valence-electron chi connectivity index (χ0n) is 7.04. The molecule has 0 aromatic heterocycles. The van der Waals surface area contributed by atoms with Crippen LogP contribution in [0, 0.1) is 3.57 Å². The molecule has 1 atom stereocenters. The fourth-order valence-electron chi connectivity index (χ4n) is 0.942. The zero-order valence-corrected chi connectivity index (χ0v) is 9.20. The summed E-state index contributed by atoms with van der Waals surface area (Å²) in [6.45, 7) is 1.75. The Labute approximate surface area is 85.7 Å². The quantitative estimate of drug-likeness (QED) is 0.841. The molecule has 1 rings (SSSR count). The van der Waals surface area contributed by atoms with Gasteiger partial charge in [-0.25, -0.2) is 0 Å². The van der Waals surface area contributed by atoms with Gasteiger partial charge in [-0.1, -0.05) is 6.07 Å². The summed E-state index contributed by atoms with van der Waals surface area (Å²) in [4.78, 5) is 0. The molecule has 0 heterocycles. The summed E-state index contributed by atoms with van der Waals surface area (Å²) < 4.78 is 6.11. The highest BCUT2D eigenvalue weighted by molar-refractivity contribution is 14.1. The Bertz CT molecular complexity index is 271. The van der Waals surface area contributed by atoms with E-state index in [2.05, 4.69) is 22.6 Å². The molecule has 1 aromatic carbocycles. The molecule has 0 aliphatic heterocycles. The van der Waals surface area contributed by atoms with Crippen molar-refractivity contribution in [1.82, 2.24) is 0 Å². The minimum atomic E-state index is -0.413. The standard InChI is InChI=1S/C9H11IO2/c1-6(11)7-3-4-9(12-2)8(10)5-7/h3-6,11H,1-2H3. The molecule has 0 aliphatic rings. The number of benzene rings is 1. The molecular formula is C9H11IO2. The maximum atomic E-state index is 9.27. The van der Waals surface area contributed by atoms with Gasteiger partial charge >= 0.3 is 0 Å². The fourth-order valence-corrected chi connectivity index (χ4v) is 1.70. The highest BCUT2D eigenvalue weighted by Gasteiger charge is 2.04. The van der Waals surface area contributed by atoms with Crippen molar-refractivity contribution in [2.45, 2.75) is 13.0 Å². The zero-order chi connectivity index (χ0) is 9.14. The first-order valence-corrected chi connectivity index (χ1v) is 4.74. The van der Waals surface area contributed by atoms with E-state index in [4.69, 9.17) is 4.74 Å². The van der Waals surface area contributed by atoms with Crippen molar-refractivity contribution in [2.24, 2.45) is 0 Å². The maximum absolute atomic E-state index is 9.27.